The monoisotopic (exact) mass is 267 g/mol. The quantitative estimate of drug-likeness (QED) is 0.926. The SMILES string of the molecule is Cc1csc(NC(=O)CCc2csc(C)n2)n1. The maximum atomic E-state index is 11.6. The van der Waals surface area contributed by atoms with Crippen LogP contribution >= 0.6 is 22.7 Å². The van der Waals surface area contributed by atoms with Crippen molar-refractivity contribution >= 4 is 33.7 Å². The van der Waals surface area contributed by atoms with E-state index in [1.54, 1.807) is 11.3 Å². The van der Waals surface area contributed by atoms with Gasteiger partial charge >= 0.3 is 0 Å². The highest BCUT2D eigenvalue weighted by molar-refractivity contribution is 7.13. The standard InChI is InChI=1S/C11H13N3OS2/c1-7-5-17-11(12-7)14-10(15)4-3-9-6-16-8(2)13-9/h5-6H,3-4H2,1-2H3,(H,12,14,15). The fraction of sp³-hybridized carbons (Fsp3) is 0.364. The first-order valence-electron chi connectivity index (χ1n) is 5.26. The molecule has 4 nitrogen and oxygen atoms in total. The van der Waals surface area contributed by atoms with Gasteiger partial charge in [-0.25, -0.2) is 9.97 Å². The van der Waals surface area contributed by atoms with Gasteiger partial charge in [-0.1, -0.05) is 0 Å². The summed E-state index contributed by atoms with van der Waals surface area (Å²) in [5.41, 5.74) is 1.92. The third-order valence-electron chi connectivity index (χ3n) is 2.14. The second-order valence-corrected chi connectivity index (χ2v) is 5.62. The van der Waals surface area contributed by atoms with Crippen LogP contribution in [-0.2, 0) is 11.2 Å². The lowest BCUT2D eigenvalue weighted by Gasteiger charge is -1.99. The largest absolute Gasteiger partial charge is 0.302 e. The second-order valence-electron chi connectivity index (χ2n) is 3.70. The van der Waals surface area contributed by atoms with E-state index in [2.05, 4.69) is 15.3 Å². The number of aromatic nitrogens is 2. The highest BCUT2D eigenvalue weighted by Gasteiger charge is 2.07. The Kier molecular flexibility index (Phi) is 3.86. The Balaban J connectivity index is 1.82. The Morgan fingerprint density at radius 2 is 2.12 bits per heavy atom. The van der Waals surface area contributed by atoms with Crippen molar-refractivity contribution in [1.29, 1.82) is 0 Å². The van der Waals surface area contributed by atoms with Gasteiger partial charge in [0.25, 0.3) is 0 Å². The van der Waals surface area contributed by atoms with Crippen LogP contribution < -0.4 is 5.32 Å². The number of amides is 1. The second kappa shape index (κ2) is 5.37. The molecule has 0 fully saturated rings. The average molecular weight is 267 g/mol. The highest BCUT2D eigenvalue weighted by atomic mass is 32.1. The number of thiazole rings is 2. The molecule has 1 amide bonds. The van der Waals surface area contributed by atoms with E-state index in [9.17, 15) is 4.79 Å². The summed E-state index contributed by atoms with van der Waals surface area (Å²) in [5.74, 6) is -0.00926. The van der Waals surface area contributed by atoms with Crippen LogP contribution in [0.25, 0.3) is 0 Å². The maximum Gasteiger partial charge on any atom is 0.226 e. The van der Waals surface area contributed by atoms with E-state index < -0.39 is 0 Å². The van der Waals surface area contributed by atoms with Crippen LogP contribution in [-0.4, -0.2) is 15.9 Å². The summed E-state index contributed by atoms with van der Waals surface area (Å²) >= 11 is 3.06. The van der Waals surface area contributed by atoms with Gasteiger partial charge in [-0.2, -0.15) is 0 Å². The van der Waals surface area contributed by atoms with Crippen molar-refractivity contribution in [2.24, 2.45) is 0 Å². The number of carbonyl (C=O) groups excluding carboxylic acids is 1. The molecule has 0 aliphatic carbocycles. The number of carbonyl (C=O) groups is 1. The van der Waals surface area contributed by atoms with Crippen LogP contribution in [0.3, 0.4) is 0 Å². The third-order valence-corrected chi connectivity index (χ3v) is 3.84. The molecule has 0 aromatic carbocycles. The first kappa shape index (κ1) is 12.2. The summed E-state index contributed by atoms with van der Waals surface area (Å²) in [5, 5.41) is 8.40. The molecule has 0 spiro atoms. The van der Waals surface area contributed by atoms with E-state index in [1.165, 1.54) is 11.3 Å². The summed E-state index contributed by atoms with van der Waals surface area (Å²) in [4.78, 5) is 20.1. The summed E-state index contributed by atoms with van der Waals surface area (Å²) in [6.45, 7) is 3.87. The number of aryl methyl sites for hydroxylation is 3. The fourth-order valence-electron chi connectivity index (χ4n) is 1.36. The van der Waals surface area contributed by atoms with Gasteiger partial charge in [-0.05, 0) is 20.3 Å². The van der Waals surface area contributed by atoms with E-state index in [0.29, 0.717) is 18.0 Å². The van der Waals surface area contributed by atoms with Crippen molar-refractivity contribution in [1.82, 2.24) is 9.97 Å². The number of nitrogens with one attached hydrogen (secondary N) is 1. The van der Waals surface area contributed by atoms with Crippen molar-refractivity contribution in [3.05, 3.63) is 27.2 Å². The van der Waals surface area contributed by atoms with Crippen molar-refractivity contribution in [2.75, 3.05) is 5.32 Å². The lowest BCUT2D eigenvalue weighted by Crippen LogP contribution is -2.12. The van der Waals surface area contributed by atoms with Gasteiger partial charge in [0, 0.05) is 17.2 Å². The number of anilines is 1. The van der Waals surface area contributed by atoms with Crippen molar-refractivity contribution in [3.63, 3.8) is 0 Å². The van der Waals surface area contributed by atoms with E-state index in [0.717, 1.165) is 16.4 Å². The molecular weight excluding hydrogens is 254 g/mol. The van der Waals surface area contributed by atoms with Crippen LogP contribution in [0.5, 0.6) is 0 Å². The van der Waals surface area contributed by atoms with Crippen LogP contribution in [0.1, 0.15) is 22.8 Å². The van der Waals surface area contributed by atoms with E-state index >= 15 is 0 Å². The van der Waals surface area contributed by atoms with Gasteiger partial charge in [0.15, 0.2) is 5.13 Å². The van der Waals surface area contributed by atoms with Gasteiger partial charge in [0.05, 0.1) is 16.4 Å². The first-order chi connectivity index (χ1) is 8.13. The summed E-state index contributed by atoms with van der Waals surface area (Å²) in [6, 6.07) is 0. The molecule has 6 heteroatoms. The van der Waals surface area contributed by atoms with Crippen LogP contribution in [0.4, 0.5) is 5.13 Å². The molecule has 0 bridgehead atoms. The van der Waals surface area contributed by atoms with Crippen molar-refractivity contribution < 1.29 is 4.79 Å². The fourth-order valence-corrected chi connectivity index (χ4v) is 2.71. The maximum absolute atomic E-state index is 11.6. The van der Waals surface area contributed by atoms with Gasteiger partial charge < -0.3 is 5.32 Å². The number of hydrogen-bond acceptors (Lipinski definition) is 5. The molecule has 2 rings (SSSR count). The topological polar surface area (TPSA) is 54.9 Å². The molecule has 0 atom stereocenters. The number of hydrogen-bond donors (Lipinski definition) is 1. The smallest absolute Gasteiger partial charge is 0.226 e. The Labute approximate surface area is 108 Å². The molecule has 1 N–H and O–H groups in total. The lowest BCUT2D eigenvalue weighted by molar-refractivity contribution is -0.116. The molecule has 2 aromatic rings. The zero-order valence-corrected chi connectivity index (χ0v) is 11.3. The molecule has 0 unspecified atom stereocenters. The van der Waals surface area contributed by atoms with E-state index in [1.807, 2.05) is 24.6 Å². The first-order valence-corrected chi connectivity index (χ1v) is 7.02. The minimum atomic E-state index is -0.00926. The molecule has 0 saturated carbocycles. The summed E-state index contributed by atoms with van der Waals surface area (Å²) in [7, 11) is 0. The minimum Gasteiger partial charge on any atom is -0.302 e. The summed E-state index contributed by atoms with van der Waals surface area (Å²) in [6.07, 6.45) is 1.13. The van der Waals surface area contributed by atoms with Gasteiger partial charge in [-0.15, -0.1) is 22.7 Å². The van der Waals surface area contributed by atoms with Crippen LogP contribution in [0, 0.1) is 13.8 Å². The molecule has 2 aromatic heterocycles. The van der Waals surface area contributed by atoms with Crippen molar-refractivity contribution in [2.45, 2.75) is 26.7 Å². The molecule has 0 aliphatic heterocycles. The molecule has 17 heavy (non-hydrogen) atoms. The lowest BCUT2D eigenvalue weighted by atomic mass is 10.2. The van der Waals surface area contributed by atoms with Gasteiger partial charge in [0.1, 0.15) is 0 Å². The zero-order valence-electron chi connectivity index (χ0n) is 9.69. The van der Waals surface area contributed by atoms with E-state index in [4.69, 9.17) is 0 Å². The average Bonchev–Trinajstić information content (AvgIpc) is 2.85. The minimum absolute atomic E-state index is 0.00926. The Bertz CT molecular complexity index is 518. The highest BCUT2D eigenvalue weighted by Crippen LogP contribution is 2.15. The van der Waals surface area contributed by atoms with Gasteiger partial charge in [0.2, 0.25) is 5.91 Å². The normalized spacial score (nSPS) is 10.5. The molecule has 0 aliphatic rings. The van der Waals surface area contributed by atoms with Crippen LogP contribution in [0.2, 0.25) is 0 Å². The Morgan fingerprint density at radius 3 is 2.71 bits per heavy atom. The number of rotatable bonds is 4. The molecule has 0 radical (unpaired) electrons. The summed E-state index contributed by atoms with van der Waals surface area (Å²) < 4.78 is 0. The molecule has 0 saturated heterocycles. The number of nitrogens with zero attached hydrogens (tertiary/aromatic N) is 2. The molecule has 90 valence electrons. The van der Waals surface area contributed by atoms with Crippen LogP contribution in [0.15, 0.2) is 10.8 Å². The Hall–Kier alpha value is -1.27. The Morgan fingerprint density at radius 1 is 1.29 bits per heavy atom. The van der Waals surface area contributed by atoms with Gasteiger partial charge in [-0.3, -0.25) is 4.79 Å². The molecular formula is C11H13N3OS2. The molecule has 2 heterocycles. The van der Waals surface area contributed by atoms with Crippen molar-refractivity contribution in [3.8, 4) is 0 Å². The van der Waals surface area contributed by atoms with E-state index in [-0.39, 0.29) is 5.91 Å². The zero-order chi connectivity index (χ0) is 12.3. The third kappa shape index (κ3) is 3.61. The predicted octanol–water partition coefficient (Wildman–Crippen LogP) is 2.79. The predicted molar refractivity (Wildman–Crippen MR) is 70.7 cm³/mol.